The molecule has 0 unspecified atom stereocenters. The van der Waals surface area contributed by atoms with Gasteiger partial charge in [-0.2, -0.15) is 0 Å². The van der Waals surface area contributed by atoms with Crippen molar-refractivity contribution in [2.45, 2.75) is 12.1 Å². The summed E-state index contributed by atoms with van der Waals surface area (Å²) in [5.41, 5.74) is 2.12. The van der Waals surface area contributed by atoms with E-state index >= 15 is 0 Å². The van der Waals surface area contributed by atoms with Crippen LogP contribution in [0.15, 0.2) is 78.9 Å². The Morgan fingerprint density at radius 1 is 0.714 bits per heavy atom. The molecule has 0 saturated carbocycles. The first-order valence-corrected chi connectivity index (χ1v) is 12.0. The molecule has 1 amide bonds. The Morgan fingerprint density at radius 3 is 1.89 bits per heavy atom. The second-order valence-electron chi connectivity index (χ2n) is 8.81. The number of benzene rings is 3. The van der Waals surface area contributed by atoms with Gasteiger partial charge in [-0.1, -0.05) is 18.2 Å². The summed E-state index contributed by atoms with van der Waals surface area (Å²) < 4.78 is 16.7. The van der Waals surface area contributed by atoms with Crippen LogP contribution in [0.2, 0.25) is 0 Å². The van der Waals surface area contributed by atoms with Crippen molar-refractivity contribution < 1.29 is 19.0 Å². The highest BCUT2D eigenvalue weighted by Gasteiger charge is 2.50. The summed E-state index contributed by atoms with van der Waals surface area (Å²) in [5.74, 6) is 2.16. The van der Waals surface area contributed by atoms with E-state index in [1.165, 1.54) is 5.69 Å². The fourth-order valence-corrected chi connectivity index (χ4v) is 4.78. The van der Waals surface area contributed by atoms with Crippen molar-refractivity contribution in [1.29, 1.82) is 0 Å². The molecule has 2 fully saturated rings. The molecular formula is C28H31N3O4. The molecule has 2 atom stereocenters. The highest BCUT2D eigenvalue weighted by molar-refractivity contribution is 6.05. The van der Waals surface area contributed by atoms with E-state index in [1.807, 2.05) is 59.5 Å². The van der Waals surface area contributed by atoms with Crippen molar-refractivity contribution in [3.63, 3.8) is 0 Å². The third kappa shape index (κ3) is 4.91. The Kier molecular flexibility index (Phi) is 6.77. The van der Waals surface area contributed by atoms with Gasteiger partial charge in [0.2, 0.25) is 0 Å². The Balaban J connectivity index is 1.30. The van der Waals surface area contributed by atoms with E-state index in [4.69, 9.17) is 14.2 Å². The van der Waals surface area contributed by atoms with Gasteiger partial charge in [0, 0.05) is 44.1 Å². The molecule has 0 radical (unpaired) electrons. The first kappa shape index (κ1) is 23.1. The molecule has 0 aliphatic carbocycles. The summed E-state index contributed by atoms with van der Waals surface area (Å²) >= 11 is 0. The van der Waals surface area contributed by atoms with E-state index < -0.39 is 6.10 Å². The van der Waals surface area contributed by atoms with Crippen LogP contribution in [0.4, 0.5) is 11.4 Å². The van der Waals surface area contributed by atoms with Gasteiger partial charge in [0.25, 0.3) is 5.91 Å². The molecule has 3 aromatic carbocycles. The summed E-state index contributed by atoms with van der Waals surface area (Å²) in [5, 5.41) is 0. The van der Waals surface area contributed by atoms with E-state index in [-0.39, 0.29) is 11.9 Å². The maximum Gasteiger partial charge on any atom is 0.270 e. The number of anilines is 2. The van der Waals surface area contributed by atoms with Gasteiger partial charge in [-0.25, -0.2) is 0 Å². The predicted molar refractivity (Wildman–Crippen MR) is 137 cm³/mol. The number of carbonyl (C=O) groups is 1. The van der Waals surface area contributed by atoms with Crippen LogP contribution in [0.5, 0.6) is 17.2 Å². The van der Waals surface area contributed by atoms with Gasteiger partial charge >= 0.3 is 0 Å². The number of para-hydroxylation sites is 1. The molecule has 35 heavy (non-hydrogen) atoms. The Labute approximate surface area is 206 Å². The number of hydrogen-bond acceptors (Lipinski definition) is 6. The zero-order chi connectivity index (χ0) is 24.2. The van der Waals surface area contributed by atoms with E-state index in [1.54, 1.807) is 14.2 Å². The molecule has 0 spiro atoms. The van der Waals surface area contributed by atoms with Crippen LogP contribution in [0.25, 0.3) is 0 Å². The lowest BCUT2D eigenvalue weighted by molar-refractivity contribution is -0.135. The molecule has 0 bridgehead atoms. The smallest absolute Gasteiger partial charge is 0.270 e. The second-order valence-corrected chi connectivity index (χ2v) is 8.81. The van der Waals surface area contributed by atoms with Gasteiger partial charge in [-0.05, 0) is 60.7 Å². The zero-order valence-electron chi connectivity index (χ0n) is 20.2. The first-order chi connectivity index (χ1) is 17.2. The lowest BCUT2D eigenvalue weighted by Crippen LogP contribution is -2.71. The van der Waals surface area contributed by atoms with E-state index in [2.05, 4.69) is 34.1 Å². The topological polar surface area (TPSA) is 54.5 Å². The number of piperazine rings is 1. The summed E-state index contributed by atoms with van der Waals surface area (Å²) in [6.45, 7) is 4.53. The molecule has 7 heteroatoms. The number of β-lactam (4-membered cyclic amide) rings is 1. The molecule has 2 heterocycles. The van der Waals surface area contributed by atoms with Gasteiger partial charge in [-0.15, -0.1) is 0 Å². The lowest BCUT2D eigenvalue weighted by Gasteiger charge is -2.49. The third-order valence-electron chi connectivity index (χ3n) is 6.77. The minimum Gasteiger partial charge on any atom is -0.497 e. The SMILES string of the molecule is COc1ccc(O[C@@H]2C(=O)N(c3ccc(OC)cc3)[C@@H]2CN2CCN(c3ccccc3)CC2)cc1. The van der Waals surface area contributed by atoms with Crippen LogP contribution >= 0.6 is 0 Å². The van der Waals surface area contributed by atoms with Crippen LogP contribution in [-0.2, 0) is 4.79 Å². The number of nitrogens with zero attached hydrogens (tertiary/aromatic N) is 3. The molecular weight excluding hydrogens is 442 g/mol. The molecule has 2 aliphatic heterocycles. The number of rotatable bonds is 8. The zero-order valence-corrected chi connectivity index (χ0v) is 20.2. The number of amides is 1. The minimum atomic E-state index is -0.530. The number of ether oxygens (including phenoxy) is 3. The Morgan fingerprint density at radius 2 is 1.29 bits per heavy atom. The summed E-state index contributed by atoms with van der Waals surface area (Å²) in [4.78, 5) is 19.9. The summed E-state index contributed by atoms with van der Waals surface area (Å²) in [7, 11) is 3.27. The number of hydrogen-bond donors (Lipinski definition) is 0. The average molecular weight is 474 g/mol. The Bertz CT molecular complexity index is 1110. The van der Waals surface area contributed by atoms with Gasteiger partial charge < -0.3 is 24.0 Å². The standard InChI is InChI=1S/C28H31N3O4/c1-33-23-10-8-22(9-11-23)31-26(27(28(31)32)35-25-14-12-24(34-2)13-15-25)20-29-16-18-30(19-17-29)21-6-4-3-5-7-21/h3-15,26-27H,16-20H2,1-2H3/t26-,27+/m1/s1. The third-order valence-corrected chi connectivity index (χ3v) is 6.77. The van der Waals surface area contributed by atoms with E-state index in [0.717, 1.165) is 49.9 Å². The fourth-order valence-electron chi connectivity index (χ4n) is 4.78. The largest absolute Gasteiger partial charge is 0.497 e. The number of methoxy groups -OCH3 is 2. The van der Waals surface area contributed by atoms with Crippen molar-refractivity contribution in [2.75, 3.05) is 56.7 Å². The molecule has 3 aromatic rings. The fraction of sp³-hybridized carbons (Fsp3) is 0.321. The van der Waals surface area contributed by atoms with Crippen molar-refractivity contribution in [3.8, 4) is 17.2 Å². The highest BCUT2D eigenvalue weighted by Crippen LogP contribution is 2.33. The normalized spacial score (nSPS) is 20.3. The molecule has 0 N–H and O–H groups in total. The molecule has 2 saturated heterocycles. The molecule has 182 valence electrons. The Hall–Kier alpha value is -3.71. The molecule has 0 aromatic heterocycles. The van der Waals surface area contributed by atoms with Crippen molar-refractivity contribution in [3.05, 3.63) is 78.9 Å². The second kappa shape index (κ2) is 10.3. The molecule has 2 aliphatic rings. The van der Waals surface area contributed by atoms with Gasteiger partial charge in [0.1, 0.15) is 17.2 Å². The minimum absolute atomic E-state index is 0.0288. The maximum atomic E-state index is 13.3. The van der Waals surface area contributed by atoms with Crippen LogP contribution in [-0.4, -0.2) is 69.9 Å². The number of carbonyl (C=O) groups excluding carboxylic acids is 1. The summed E-state index contributed by atoms with van der Waals surface area (Å²) in [6, 6.07) is 25.4. The van der Waals surface area contributed by atoms with Crippen molar-refractivity contribution >= 4 is 17.3 Å². The van der Waals surface area contributed by atoms with Crippen molar-refractivity contribution in [2.24, 2.45) is 0 Å². The van der Waals surface area contributed by atoms with Crippen molar-refractivity contribution in [1.82, 2.24) is 4.90 Å². The highest BCUT2D eigenvalue weighted by atomic mass is 16.5. The van der Waals surface area contributed by atoms with E-state index in [9.17, 15) is 4.79 Å². The van der Waals surface area contributed by atoms with Crippen LogP contribution in [0, 0.1) is 0 Å². The monoisotopic (exact) mass is 473 g/mol. The first-order valence-electron chi connectivity index (χ1n) is 12.0. The van der Waals surface area contributed by atoms with Gasteiger partial charge in [-0.3, -0.25) is 9.69 Å². The van der Waals surface area contributed by atoms with E-state index in [0.29, 0.717) is 5.75 Å². The predicted octanol–water partition coefficient (Wildman–Crippen LogP) is 3.69. The molecule has 5 rings (SSSR count). The summed E-state index contributed by atoms with van der Waals surface area (Å²) in [6.07, 6.45) is -0.530. The average Bonchev–Trinajstić information content (AvgIpc) is 2.93. The van der Waals surface area contributed by atoms with Crippen LogP contribution in [0.3, 0.4) is 0 Å². The van der Waals surface area contributed by atoms with Gasteiger partial charge in [0.05, 0.1) is 20.3 Å². The lowest BCUT2D eigenvalue weighted by atomic mass is 9.95. The molecule has 7 nitrogen and oxygen atoms in total. The van der Waals surface area contributed by atoms with Crippen LogP contribution in [0.1, 0.15) is 0 Å². The maximum absolute atomic E-state index is 13.3. The quantitative estimate of drug-likeness (QED) is 0.465. The van der Waals surface area contributed by atoms with Crippen LogP contribution < -0.4 is 24.0 Å². The van der Waals surface area contributed by atoms with Gasteiger partial charge in [0.15, 0.2) is 6.10 Å².